The van der Waals surface area contributed by atoms with Crippen molar-refractivity contribution >= 4 is 11.6 Å². The molecule has 36 heavy (non-hydrogen) atoms. The molecule has 0 heterocycles. The van der Waals surface area contributed by atoms with Crippen LogP contribution in [0.2, 0.25) is 5.02 Å². The van der Waals surface area contributed by atoms with Gasteiger partial charge in [-0.25, -0.2) is 0 Å². The molecule has 3 aromatic rings. The van der Waals surface area contributed by atoms with Gasteiger partial charge in [0.15, 0.2) is 0 Å². The van der Waals surface area contributed by atoms with Gasteiger partial charge in [0.2, 0.25) is 0 Å². The summed E-state index contributed by atoms with van der Waals surface area (Å²) in [7, 11) is 0. The molecule has 0 fully saturated rings. The third-order valence-corrected chi connectivity index (χ3v) is 5.29. The maximum atomic E-state index is 12.2. The Hall–Kier alpha value is -2.68. The van der Waals surface area contributed by atoms with Crippen molar-refractivity contribution in [2.75, 3.05) is 0 Å². The van der Waals surface area contributed by atoms with Crippen LogP contribution in [0.15, 0.2) is 54.6 Å². The second-order valence-corrected chi connectivity index (χ2v) is 8.50. The van der Waals surface area contributed by atoms with Gasteiger partial charge in [-0.15, -0.1) is 0 Å². The van der Waals surface area contributed by atoms with Crippen LogP contribution in [0.4, 0.5) is 39.5 Å². The molecule has 0 spiro atoms. The molecule has 0 nitrogen and oxygen atoms in total. The van der Waals surface area contributed by atoms with E-state index in [1.165, 1.54) is 18.6 Å². The van der Waals surface area contributed by atoms with E-state index in [4.69, 9.17) is 11.6 Å². The van der Waals surface area contributed by atoms with Crippen LogP contribution in [-0.2, 0) is 18.5 Å². The first-order valence-electron chi connectivity index (χ1n) is 10.4. The molecule has 0 saturated heterocycles. The van der Waals surface area contributed by atoms with E-state index >= 15 is 0 Å². The van der Waals surface area contributed by atoms with Gasteiger partial charge in [-0.2, -0.15) is 39.5 Å². The van der Waals surface area contributed by atoms with Crippen molar-refractivity contribution in [1.29, 1.82) is 0 Å². The molecule has 0 aliphatic rings. The molecule has 0 aromatic heterocycles. The lowest BCUT2D eigenvalue weighted by atomic mass is 10.0. The van der Waals surface area contributed by atoms with Crippen molar-refractivity contribution in [2.45, 2.75) is 53.1 Å². The van der Waals surface area contributed by atoms with Crippen LogP contribution < -0.4 is 0 Å². The minimum absolute atomic E-state index is 0.271. The largest absolute Gasteiger partial charge is 0.416 e. The molecule has 0 aliphatic carbocycles. The lowest BCUT2D eigenvalue weighted by Gasteiger charge is -2.12. The monoisotopic (exact) mass is 542 g/mol. The fourth-order valence-electron chi connectivity index (χ4n) is 2.90. The van der Waals surface area contributed by atoms with Crippen LogP contribution in [0.5, 0.6) is 0 Å². The summed E-state index contributed by atoms with van der Waals surface area (Å²) in [6.45, 7) is 8.14. The molecule has 0 atom stereocenters. The number of hydrogen-bond donors (Lipinski definition) is 0. The summed E-state index contributed by atoms with van der Waals surface area (Å²) in [6.07, 6.45) is -13.5. The van der Waals surface area contributed by atoms with Crippen molar-refractivity contribution in [3.63, 3.8) is 0 Å². The SMILES string of the molecule is Cc1cc(C(F)(F)F)ccc1C(F)(F)F.Cc1ccc(C)c(C(F)(F)F)c1.Cc1ccc(C)c(Cl)c1. The molecule has 198 valence electrons. The minimum Gasteiger partial charge on any atom is -0.166 e. The van der Waals surface area contributed by atoms with Crippen LogP contribution in [-0.4, -0.2) is 0 Å². The van der Waals surface area contributed by atoms with Crippen LogP contribution in [0, 0.1) is 34.6 Å². The predicted molar refractivity (Wildman–Crippen MR) is 123 cm³/mol. The maximum absolute atomic E-state index is 12.2. The van der Waals surface area contributed by atoms with Gasteiger partial charge in [0.05, 0.1) is 16.7 Å². The Kier molecular flexibility index (Phi) is 10.5. The zero-order valence-electron chi connectivity index (χ0n) is 20.0. The Balaban J connectivity index is 0.000000279. The Labute approximate surface area is 208 Å². The number of halogens is 10. The average molecular weight is 543 g/mol. The lowest BCUT2D eigenvalue weighted by Crippen LogP contribution is -2.10. The van der Waals surface area contributed by atoms with Gasteiger partial charge in [0, 0.05) is 5.02 Å². The molecular weight excluding hydrogens is 519 g/mol. The molecule has 3 rings (SSSR count). The highest BCUT2D eigenvalue weighted by atomic mass is 35.5. The van der Waals surface area contributed by atoms with Crippen LogP contribution in [0.25, 0.3) is 0 Å². The fourth-order valence-corrected chi connectivity index (χ4v) is 3.13. The zero-order valence-corrected chi connectivity index (χ0v) is 20.7. The van der Waals surface area contributed by atoms with E-state index in [-0.39, 0.29) is 5.56 Å². The zero-order chi connectivity index (χ0) is 28.1. The summed E-state index contributed by atoms with van der Waals surface area (Å²) >= 11 is 5.81. The number of alkyl halides is 9. The highest BCUT2D eigenvalue weighted by Crippen LogP contribution is 2.36. The molecule has 0 aliphatic heterocycles. The van der Waals surface area contributed by atoms with Crippen molar-refractivity contribution in [3.8, 4) is 0 Å². The highest BCUT2D eigenvalue weighted by molar-refractivity contribution is 6.31. The van der Waals surface area contributed by atoms with Crippen molar-refractivity contribution in [1.82, 2.24) is 0 Å². The number of benzene rings is 3. The quantitative estimate of drug-likeness (QED) is 0.248. The molecule has 10 heteroatoms. The van der Waals surface area contributed by atoms with E-state index < -0.39 is 40.8 Å². The Morgan fingerprint density at radius 2 is 0.944 bits per heavy atom. The summed E-state index contributed by atoms with van der Waals surface area (Å²) in [5, 5.41) is 0.856. The number of hydrogen-bond acceptors (Lipinski definition) is 0. The normalized spacial score (nSPS) is 11.8. The Bertz CT molecular complexity index is 1160. The lowest BCUT2D eigenvalue weighted by molar-refractivity contribution is -0.141. The van der Waals surface area contributed by atoms with Gasteiger partial charge in [0.25, 0.3) is 0 Å². The van der Waals surface area contributed by atoms with Gasteiger partial charge in [-0.1, -0.05) is 41.4 Å². The summed E-state index contributed by atoms with van der Waals surface area (Å²) in [6, 6.07) is 11.7. The van der Waals surface area contributed by atoms with Gasteiger partial charge >= 0.3 is 18.5 Å². The first-order valence-corrected chi connectivity index (χ1v) is 10.7. The number of aryl methyl sites for hydroxylation is 5. The van der Waals surface area contributed by atoms with Gasteiger partial charge in [-0.05, 0) is 87.2 Å². The van der Waals surface area contributed by atoms with E-state index in [0.717, 1.165) is 23.6 Å². The van der Waals surface area contributed by atoms with Crippen LogP contribution in [0.1, 0.15) is 44.5 Å². The summed E-state index contributed by atoms with van der Waals surface area (Å²) in [5.41, 5.74) is 0.164. The van der Waals surface area contributed by atoms with E-state index in [1.807, 2.05) is 26.0 Å². The second-order valence-electron chi connectivity index (χ2n) is 8.09. The summed E-state index contributed by atoms with van der Waals surface area (Å²) in [5.74, 6) is 0. The summed E-state index contributed by atoms with van der Waals surface area (Å²) in [4.78, 5) is 0. The fraction of sp³-hybridized carbons (Fsp3) is 0.308. The Morgan fingerprint density at radius 1 is 0.472 bits per heavy atom. The highest BCUT2D eigenvalue weighted by Gasteiger charge is 2.36. The van der Waals surface area contributed by atoms with Crippen LogP contribution in [0.3, 0.4) is 0 Å². The van der Waals surface area contributed by atoms with Gasteiger partial charge in [-0.3, -0.25) is 0 Å². The molecule has 0 N–H and O–H groups in total. The van der Waals surface area contributed by atoms with E-state index in [1.54, 1.807) is 13.0 Å². The predicted octanol–water partition coefficient (Wildman–Crippen LogP) is 10.3. The second kappa shape index (κ2) is 12.0. The topological polar surface area (TPSA) is 0 Å². The van der Waals surface area contributed by atoms with Gasteiger partial charge < -0.3 is 0 Å². The van der Waals surface area contributed by atoms with Crippen molar-refractivity contribution < 1.29 is 39.5 Å². The third kappa shape index (κ3) is 9.76. The van der Waals surface area contributed by atoms with Gasteiger partial charge in [0.1, 0.15) is 0 Å². The Morgan fingerprint density at radius 3 is 1.31 bits per heavy atom. The molecule has 0 radical (unpaired) electrons. The average Bonchev–Trinajstić information content (AvgIpc) is 2.71. The third-order valence-electron chi connectivity index (χ3n) is 4.88. The first-order chi connectivity index (χ1) is 16.2. The van der Waals surface area contributed by atoms with Crippen molar-refractivity contribution in [2.24, 2.45) is 0 Å². The molecule has 0 unspecified atom stereocenters. The smallest absolute Gasteiger partial charge is 0.166 e. The molecule has 0 saturated carbocycles. The number of rotatable bonds is 0. The van der Waals surface area contributed by atoms with E-state index in [9.17, 15) is 39.5 Å². The summed E-state index contributed by atoms with van der Waals surface area (Å²) < 4.78 is 110. The first kappa shape index (κ1) is 31.4. The minimum atomic E-state index is -4.62. The maximum Gasteiger partial charge on any atom is 0.416 e. The van der Waals surface area contributed by atoms with Crippen molar-refractivity contribution in [3.05, 3.63) is 104 Å². The van der Waals surface area contributed by atoms with Crippen LogP contribution >= 0.6 is 11.6 Å². The van der Waals surface area contributed by atoms with E-state index in [0.29, 0.717) is 23.8 Å². The molecule has 0 amide bonds. The standard InChI is InChI=1S/C9H6F6.C9H9F3.C8H9Cl/c1-5-4-6(8(10,11)12)2-3-7(5)9(13,14)15;1-6-3-4-7(2)8(5-6)9(10,11)12;1-6-3-4-7(2)8(9)5-6/h2-4H,1H3;3-5H,1-2H3;3-5H,1-2H3. The molecular formula is C26H24ClF9. The van der Waals surface area contributed by atoms with E-state index in [2.05, 4.69) is 6.07 Å². The molecule has 3 aromatic carbocycles. The molecule has 0 bridgehead atoms.